The fraction of sp³-hybridized carbons (Fsp3) is 0.250. The van der Waals surface area contributed by atoms with E-state index in [0.29, 0.717) is 6.54 Å². The van der Waals surface area contributed by atoms with Gasteiger partial charge in [-0.15, -0.1) is 0 Å². The minimum Gasteiger partial charge on any atom is -0.336 e. The summed E-state index contributed by atoms with van der Waals surface area (Å²) in [5.41, 5.74) is 5.83. The molecule has 0 aliphatic carbocycles. The van der Waals surface area contributed by atoms with Crippen LogP contribution in [0.25, 0.3) is 11.3 Å². The number of nitrogens with one attached hydrogen (secondary N) is 1. The summed E-state index contributed by atoms with van der Waals surface area (Å²) in [6, 6.07) is 6.45. The molecule has 4 nitrogen and oxygen atoms in total. The maximum absolute atomic E-state index is 6.01. The van der Waals surface area contributed by atoms with E-state index in [2.05, 4.69) is 57.7 Å². The van der Waals surface area contributed by atoms with E-state index in [1.54, 1.807) is 0 Å². The van der Waals surface area contributed by atoms with Gasteiger partial charge in [0.05, 0.1) is 17.9 Å². The number of fused-ring (bicyclic) bond motifs is 3. The van der Waals surface area contributed by atoms with Gasteiger partial charge in [0.15, 0.2) is 3.83 Å². The summed E-state index contributed by atoms with van der Waals surface area (Å²) in [6.45, 7) is 3.57. The molecule has 0 spiro atoms. The number of H-pyrrole nitrogens is 1. The van der Waals surface area contributed by atoms with Gasteiger partial charge >= 0.3 is 0 Å². The van der Waals surface area contributed by atoms with E-state index in [1.807, 2.05) is 5.01 Å². The van der Waals surface area contributed by atoms with Gasteiger partial charge in [-0.05, 0) is 35.1 Å². The number of nitrogens with zero attached hydrogens (tertiary/aromatic N) is 2. The molecule has 2 aromatic rings. The standard InChI is InChI=1S/C12H13IN4/c1-7-2-3-9-8(4-7)5-17(14)6-10-11(9)16-12(13)15-10/h2-4H,5-6,14H2,1H3,(H,15,16). The van der Waals surface area contributed by atoms with E-state index in [-0.39, 0.29) is 0 Å². The average Bonchev–Trinajstić information content (AvgIpc) is 2.53. The van der Waals surface area contributed by atoms with Crippen LogP contribution in [0.3, 0.4) is 0 Å². The average molecular weight is 340 g/mol. The number of aromatic amines is 1. The number of halogens is 1. The molecule has 0 fully saturated rings. The minimum atomic E-state index is 0.707. The Hall–Kier alpha value is -0.920. The van der Waals surface area contributed by atoms with Crippen LogP contribution in [0.2, 0.25) is 0 Å². The summed E-state index contributed by atoms with van der Waals surface area (Å²) in [6.07, 6.45) is 0. The molecule has 0 radical (unpaired) electrons. The SMILES string of the molecule is Cc1ccc2c(c1)CN(N)Cc1[nH]c(I)nc1-2. The second-order valence-electron chi connectivity index (χ2n) is 4.42. The van der Waals surface area contributed by atoms with Crippen LogP contribution in [0.4, 0.5) is 0 Å². The predicted molar refractivity (Wildman–Crippen MR) is 74.9 cm³/mol. The minimum absolute atomic E-state index is 0.707. The number of benzene rings is 1. The van der Waals surface area contributed by atoms with Gasteiger partial charge in [-0.1, -0.05) is 23.8 Å². The van der Waals surface area contributed by atoms with E-state index in [4.69, 9.17) is 5.84 Å². The van der Waals surface area contributed by atoms with Crippen molar-refractivity contribution in [3.63, 3.8) is 0 Å². The third kappa shape index (κ3) is 1.98. The number of hydrogen-bond acceptors (Lipinski definition) is 3. The van der Waals surface area contributed by atoms with Gasteiger partial charge in [0.25, 0.3) is 0 Å². The Kier molecular flexibility index (Phi) is 2.68. The lowest BCUT2D eigenvalue weighted by Crippen LogP contribution is -2.29. The predicted octanol–water partition coefficient (Wildman–Crippen LogP) is 2.18. The number of hydrogen-bond donors (Lipinski definition) is 2. The van der Waals surface area contributed by atoms with E-state index in [0.717, 1.165) is 21.8 Å². The third-order valence-electron chi connectivity index (χ3n) is 3.00. The van der Waals surface area contributed by atoms with Crippen LogP contribution in [0, 0.1) is 10.8 Å². The summed E-state index contributed by atoms with van der Waals surface area (Å²) < 4.78 is 0.912. The molecule has 0 saturated heterocycles. The molecular weight excluding hydrogens is 327 g/mol. The Balaban J connectivity index is 2.25. The summed E-state index contributed by atoms with van der Waals surface area (Å²) in [5, 5.41) is 1.82. The highest BCUT2D eigenvalue weighted by Crippen LogP contribution is 2.30. The zero-order valence-corrected chi connectivity index (χ0v) is 11.7. The molecular formula is C12H13IN4. The van der Waals surface area contributed by atoms with Gasteiger partial charge < -0.3 is 4.98 Å². The molecule has 1 aromatic heterocycles. The first-order valence-corrected chi connectivity index (χ1v) is 6.55. The molecule has 17 heavy (non-hydrogen) atoms. The molecule has 0 bridgehead atoms. The molecule has 0 atom stereocenters. The maximum Gasteiger partial charge on any atom is 0.169 e. The Morgan fingerprint density at radius 1 is 1.41 bits per heavy atom. The Morgan fingerprint density at radius 2 is 2.24 bits per heavy atom. The van der Waals surface area contributed by atoms with Crippen LogP contribution >= 0.6 is 22.6 Å². The van der Waals surface area contributed by atoms with Crippen molar-refractivity contribution in [1.29, 1.82) is 0 Å². The quantitative estimate of drug-likeness (QED) is 0.571. The Bertz CT molecular complexity index is 576. The number of imidazole rings is 1. The van der Waals surface area contributed by atoms with Crippen molar-refractivity contribution in [2.75, 3.05) is 0 Å². The smallest absolute Gasteiger partial charge is 0.169 e. The highest BCUT2D eigenvalue weighted by Gasteiger charge is 2.20. The Labute approximate surface area is 113 Å². The van der Waals surface area contributed by atoms with Gasteiger partial charge in [-0.3, -0.25) is 5.84 Å². The van der Waals surface area contributed by atoms with E-state index >= 15 is 0 Å². The molecule has 0 unspecified atom stereocenters. The zero-order chi connectivity index (χ0) is 12.0. The fourth-order valence-corrected chi connectivity index (χ4v) is 2.84. The van der Waals surface area contributed by atoms with Crippen LogP contribution < -0.4 is 5.84 Å². The summed E-state index contributed by atoms with van der Waals surface area (Å²) >= 11 is 2.20. The first-order valence-electron chi connectivity index (χ1n) is 5.47. The lowest BCUT2D eigenvalue weighted by molar-refractivity contribution is 0.266. The van der Waals surface area contributed by atoms with Crippen LogP contribution in [-0.4, -0.2) is 15.0 Å². The van der Waals surface area contributed by atoms with Crippen molar-refractivity contribution in [3.8, 4) is 11.3 Å². The van der Waals surface area contributed by atoms with Crippen molar-refractivity contribution in [2.45, 2.75) is 20.0 Å². The normalized spacial score (nSPS) is 15.2. The summed E-state index contributed by atoms with van der Waals surface area (Å²) in [5.74, 6) is 6.01. The zero-order valence-electron chi connectivity index (χ0n) is 9.50. The molecule has 0 amide bonds. The van der Waals surface area contributed by atoms with Crippen LogP contribution in [0.5, 0.6) is 0 Å². The van der Waals surface area contributed by atoms with Crippen molar-refractivity contribution in [2.24, 2.45) is 5.84 Å². The number of nitrogens with two attached hydrogens (primary N) is 1. The van der Waals surface area contributed by atoms with E-state index < -0.39 is 0 Å². The lowest BCUT2D eigenvalue weighted by atomic mass is 10.0. The van der Waals surface area contributed by atoms with Crippen molar-refractivity contribution in [1.82, 2.24) is 15.0 Å². The van der Waals surface area contributed by atoms with Crippen molar-refractivity contribution < 1.29 is 0 Å². The van der Waals surface area contributed by atoms with Crippen LogP contribution in [0.1, 0.15) is 16.8 Å². The molecule has 1 aromatic carbocycles. The van der Waals surface area contributed by atoms with E-state index in [9.17, 15) is 0 Å². The first-order chi connectivity index (χ1) is 8.13. The van der Waals surface area contributed by atoms with Gasteiger partial charge in [0, 0.05) is 12.1 Å². The van der Waals surface area contributed by atoms with Gasteiger partial charge in [-0.2, -0.15) is 0 Å². The Morgan fingerprint density at radius 3 is 3.06 bits per heavy atom. The lowest BCUT2D eigenvalue weighted by Gasteiger charge is -2.13. The molecule has 3 rings (SSSR count). The van der Waals surface area contributed by atoms with Crippen LogP contribution in [0.15, 0.2) is 18.2 Å². The second kappa shape index (κ2) is 4.08. The summed E-state index contributed by atoms with van der Waals surface area (Å²) in [7, 11) is 0. The van der Waals surface area contributed by atoms with E-state index in [1.165, 1.54) is 16.7 Å². The number of aromatic nitrogens is 2. The molecule has 88 valence electrons. The first kappa shape index (κ1) is 11.2. The molecule has 1 aliphatic heterocycles. The van der Waals surface area contributed by atoms with Crippen LogP contribution in [-0.2, 0) is 13.1 Å². The second-order valence-corrected chi connectivity index (χ2v) is 5.44. The van der Waals surface area contributed by atoms with Crippen molar-refractivity contribution in [3.05, 3.63) is 38.9 Å². The number of aryl methyl sites for hydroxylation is 1. The maximum atomic E-state index is 6.01. The highest BCUT2D eigenvalue weighted by molar-refractivity contribution is 14.1. The summed E-state index contributed by atoms with van der Waals surface area (Å²) in [4.78, 5) is 7.84. The number of hydrazine groups is 1. The molecule has 1 aliphatic rings. The highest BCUT2D eigenvalue weighted by atomic mass is 127. The molecule has 3 N–H and O–H groups in total. The fourth-order valence-electron chi connectivity index (χ4n) is 2.28. The largest absolute Gasteiger partial charge is 0.336 e. The molecule has 0 saturated carbocycles. The number of rotatable bonds is 0. The van der Waals surface area contributed by atoms with Gasteiger partial charge in [-0.25, -0.2) is 9.99 Å². The third-order valence-corrected chi connectivity index (χ3v) is 3.51. The monoisotopic (exact) mass is 340 g/mol. The molecule has 2 heterocycles. The van der Waals surface area contributed by atoms with Crippen molar-refractivity contribution >= 4 is 22.6 Å². The van der Waals surface area contributed by atoms with Gasteiger partial charge in [0.1, 0.15) is 0 Å². The van der Waals surface area contributed by atoms with Gasteiger partial charge in [0.2, 0.25) is 0 Å². The topological polar surface area (TPSA) is 57.9 Å². The molecule has 5 heteroatoms.